The lowest BCUT2D eigenvalue weighted by Gasteiger charge is -2.14. The van der Waals surface area contributed by atoms with Crippen molar-refractivity contribution in [3.63, 3.8) is 0 Å². The van der Waals surface area contributed by atoms with Crippen molar-refractivity contribution in [2.24, 2.45) is 0 Å². The number of nitrogen functional groups attached to an aromatic ring is 1. The first kappa shape index (κ1) is 11.8. The third-order valence-corrected chi connectivity index (χ3v) is 3.20. The first-order chi connectivity index (χ1) is 9.15. The van der Waals surface area contributed by atoms with Crippen LogP contribution in [-0.2, 0) is 6.42 Å². The number of aromatic nitrogens is 2. The van der Waals surface area contributed by atoms with Gasteiger partial charge < -0.3 is 14.7 Å². The predicted octanol–water partition coefficient (Wildman–Crippen LogP) is 3.15. The molecular weight excluding hydrogens is 245 g/mol. The lowest BCUT2D eigenvalue weighted by Crippen LogP contribution is -2.11. The monoisotopic (exact) mass is 259 g/mol. The van der Waals surface area contributed by atoms with E-state index in [4.69, 9.17) is 10.2 Å². The average molecular weight is 259 g/mol. The highest BCUT2D eigenvalue weighted by Gasteiger charge is 2.15. The summed E-state index contributed by atoms with van der Waals surface area (Å²) in [7, 11) is 0. The second kappa shape index (κ2) is 4.42. The summed E-state index contributed by atoms with van der Waals surface area (Å²) in [6.45, 7) is 2.03. The van der Waals surface area contributed by atoms with Gasteiger partial charge in [0.1, 0.15) is 11.6 Å². The Morgan fingerprint density at radius 1 is 1.42 bits per heavy atom. The van der Waals surface area contributed by atoms with Gasteiger partial charge in [0.05, 0.1) is 17.3 Å². The molecule has 0 radical (unpaired) electrons. The van der Waals surface area contributed by atoms with Crippen molar-refractivity contribution in [3.8, 4) is 0 Å². The molecule has 0 saturated heterocycles. The Bertz CT molecular complexity index is 703. The maximum atomic E-state index is 13.2. The SMILES string of the molecule is CC(Cc1ccco1)n1c(N)nc2cc(F)ccc21. The van der Waals surface area contributed by atoms with Gasteiger partial charge in [-0.1, -0.05) is 0 Å². The highest BCUT2D eigenvalue weighted by molar-refractivity contribution is 5.78. The van der Waals surface area contributed by atoms with Gasteiger partial charge in [-0.05, 0) is 31.2 Å². The smallest absolute Gasteiger partial charge is 0.201 e. The molecular formula is C14H14FN3O. The highest BCUT2D eigenvalue weighted by Crippen LogP contribution is 2.25. The molecule has 98 valence electrons. The van der Waals surface area contributed by atoms with Gasteiger partial charge >= 0.3 is 0 Å². The first-order valence-electron chi connectivity index (χ1n) is 6.10. The van der Waals surface area contributed by atoms with Crippen LogP contribution in [0.1, 0.15) is 18.7 Å². The molecule has 4 nitrogen and oxygen atoms in total. The van der Waals surface area contributed by atoms with Crippen molar-refractivity contribution >= 4 is 17.0 Å². The fourth-order valence-electron chi connectivity index (χ4n) is 2.36. The number of anilines is 1. The molecule has 0 aliphatic rings. The Morgan fingerprint density at radius 2 is 2.26 bits per heavy atom. The Balaban J connectivity index is 2.01. The summed E-state index contributed by atoms with van der Waals surface area (Å²) in [5.41, 5.74) is 7.34. The molecule has 3 aromatic rings. The Morgan fingerprint density at radius 3 is 3.00 bits per heavy atom. The summed E-state index contributed by atoms with van der Waals surface area (Å²) < 4.78 is 20.4. The number of hydrogen-bond acceptors (Lipinski definition) is 3. The van der Waals surface area contributed by atoms with E-state index in [0.717, 1.165) is 11.3 Å². The molecule has 2 aromatic heterocycles. The average Bonchev–Trinajstić information content (AvgIpc) is 2.95. The first-order valence-corrected chi connectivity index (χ1v) is 6.10. The number of nitrogens with zero attached hydrogens (tertiary/aromatic N) is 2. The van der Waals surface area contributed by atoms with Crippen molar-refractivity contribution < 1.29 is 8.81 Å². The van der Waals surface area contributed by atoms with Crippen LogP contribution in [0, 0.1) is 5.82 Å². The van der Waals surface area contributed by atoms with Crippen LogP contribution >= 0.6 is 0 Å². The van der Waals surface area contributed by atoms with Gasteiger partial charge in [-0.3, -0.25) is 0 Å². The summed E-state index contributed by atoms with van der Waals surface area (Å²) in [6.07, 6.45) is 2.35. The van der Waals surface area contributed by atoms with Crippen LogP contribution in [-0.4, -0.2) is 9.55 Å². The van der Waals surface area contributed by atoms with Crippen LogP contribution < -0.4 is 5.73 Å². The van der Waals surface area contributed by atoms with Gasteiger partial charge in [0.25, 0.3) is 0 Å². The molecule has 1 aromatic carbocycles. The van der Waals surface area contributed by atoms with Gasteiger partial charge in [-0.2, -0.15) is 0 Å². The number of hydrogen-bond donors (Lipinski definition) is 1. The molecule has 0 fully saturated rings. The number of nitrogens with two attached hydrogens (primary N) is 1. The van der Waals surface area contributed by atoms with E-state index in [1.54, 1.807) is 12.3 Å². The molecule has 0 aliphatic carbocycles. The molecule has 2 heterocycles. The van der Waals surface area contributed by atoms with E-state index in [0.29, 0.717) is 17.9 Å². The third-order valence-electron chi connectivity index (χ3n) is 3.20. The summed E-state index contributed by atoms with van der Waals surface area (Å²) in [5.74, 6) is 0.964. The molecule has 5 heteroatoms. The molecule has 0 amide bonds. The van der Waals surface area contributed by atoms with Crippen LogP contribution in [0.25, 0.3) is 11.0 Å². The van der Waals surface area contributed by atoms with E-state index < -0.39 is 0 Å². The van der Waals surface area contributed by atoms with Crippen LogP contribution in [0.4, 0.5) is 10.3 Å². The van der Waals surface area contributed by atoms with E-state index in [1.165, 1.54) is 12.1 Å². The maximum Gasteiger partial charge on any atom is 0.201 e. The molecule has 2 N–H and O–H groups in total. The Labute approximate surface area is 109 Å². The molecule has 1 unspecified atom stereocenters. The van der Waals surface area contributed by atoms with Gasteiger partial charge in [0.15, 0.2) is 0 Å². The summed E-state index contributed by atoms with van der Waals surface area (Å²) in [4.78, 5) is 4.19. The Kier molecular flexibility index (Phi) is 2.74. The minimum Gasteiger partial charge on any atom is -0.469 e. The van der Waals surface area contributed by atoms with E-state index in [2.05, 4.69) is 4.98 Å². The minimum absolute atomic E-state index is 0.0848. The second-order valence-electron chi connectivity index (χ2n) is 4.61. The van der Waals surface area contributed by atoms with Crippen molar-refractivity contribution in [1.29, 1.82) is 0 Å². The van der Waals surface area contributed by atoms with Gasteiger partial charge in [0.2, 0.25) is 5.95 Å². The number of halogens is 1. The number of furan rings is 1. The van der Waals surface area contributed by atoms with Crippen molar-refractivity contribution in [1.82, 2.24) is 9.55 Å². The molecule has 0 bridgehead atoms. The molecule has 0 saturated carbocycles. The van der Waals surface area contributed by atoms with E-state index >= 15 is 0 Å². The Hall–Kier alpha value is -2.30. The molecule has 19 heavy (non-hydrogen) atoms. The second-order valence-corrected chi connectivity index (χ2v) is 4.61. The van der Waals surface area contributed by atoms with Crippen molar-refractivity contribution in [2.45, 2.75) is 19.4 Å². The van der Waals surface area contributed by atoms with E-state index in [-0.39, 0.29) is 11.9 Å². The van der Waals surface area contributed by atoms with Crippen molar-refractivity contribution in [3.05, 3.63) is 48.2 Å². The minimum atomic E-state index is -0.309. The summed E-state index contributed by atoms with van der Waals surface area (Å²) in [5, 5.41) is 0. The number of fused-ring (bicyclic) bond motifs is 1. The largest absolute Gasteiger partial charge is 0.469 e. The predicted molar refractivity (Wildman–Crippen MR) is 71.2 cm³/mol. The molecule has 1 atom stereocenters. The lowest BCUT2D eigenvalue weighted by atomic mass is 10.2. The van der Waals surface area contributed by atoms with E-state index in [1.807, 2.05) is 23.6 Å². The summed E-state index contributed by atoms with van der Waals surface area (Å²) in [6, 6.07) is 8.37. The standard InChI is InChI=1S/C14H14FN3O/c1-9(7-11-3-2-6-19-11)18-13-5-4-10(15)8-12(13)17-14(18)16/h2-6,8-9H,7H2,1H3,(H2,16,17). The molecule has 0 aliphatic heterocycles. The van der Waals surface area contributed by atoms with Crippen LogP contribution in [0.5, 0.6) is 0 Å². The zero-order chi connectivity index (χ0) is 13.4. The highest BCUT2D eigenvalue weighted by atomic mass is 19.1. The summed E-state index contributed by atoms with van der Waals surface area (Å²) >= 11 is 0. The maximum absolute atomic E-state index is 13.2. The number of imidazole rings is 1. The van der Waals surface area contributed by atoms with Gasteiger partial charge in [0, 0.05) is 18.5 Å². The van der Waals surface area contributed by atoms with Crippen molar-refractivity contribution in [2.75, 3.05) is 5.73 Å². The fraction of sp³-hybridized carbons (Fsp3) is 0.214. The zero-order valence-corrected chi connectivity index (χ0v) is 10.5. The normalized spacial score (nSPS) is 12.9. The van der Waals surface area contributed by atoms with E-state index in [9.17, 15) is 4.39 Å². The molecule has 3 rings (SSSR count). The van der Waals surface area contributed by atoms with Gasteiger partial charge in [-0.15, -0.1) is 0 Å². The third kappa shape index (κ3) is 2.07. The number of rotatable bonds is 3. The van der Waals surface area contributed by atoms with Gasteiger partial charge in [-0.25, -0.2) is 9.37 Å². The molecule has 0 spiro atoms. The number of benzene rings is 1. The zero-order valence-electron chi connectivity index (χ0n) is 10.5. The quantitative estimate of drug-likeness (QED) is 0.786. The topological polar surface area (TPSA) is 57.0 Å². The van der Waals surface area contributed by atoms with Crippen LogP contribution in [0.2, 0.25) is 0 Å². The van der Waals surface area contributed by atoms with Crippen LogP contribution in [0.15, 0.2) is 41.0 Å². The van der Waals surface area contributed by atoms with Crippen LogP contribution in [0.3, 0.4) is 0 Å². The lowest BCUT2D eigenvalue weighted by molar-refractivity contribution is 0.456. The fourth-order valence-corrected chi connectivity index (χ4v) is 2.36.